The van der Waals surface area contributed by atoms with Gasteiger partial charge in [-0.25, -0.2) is 5.43 Å². The minimum atomic E-state index is -0.364. The average Bonchev–Trinajstić information content (AvgIpc) is 3.42. The van der Waals surface area contributed by atoms with Crippen molar-refractivity contribution in [1.82, 2.24) is 15.6 Å². The number of hydrazone groups is 1. The normalized spacial score (nSPS) is 10.7. The van der Waals surface area contributed by atoms with E-state index in [4.69, 9.17) is 18.9 Å². The fourth-order valence-corrected chi connectivity index (χ4v) is 4.04. The molecule has 0 aliphatic heterocycles. The number of carbonyl (C=O) groups is 2. The molecular formula is C28H27N5O6S. The molecule has 3 aromatic carbocycles. The molecule has 0 spiro atoms. The van der Waals surface area contributed by atoms with Gasteiger partial charge in [0.2, 0.25) is 11.0 Å². The first-order valence-corrected chi connectivity index (χ1v) is 12.9. The molecule has 0 saturated heterocycles. The van der Waals surface area contributed by atoms with Crippen LogP contribution in [0.1, 0.15) is 20.9 Å². The van der Waals surface area contributed by atoms with E-state index < -0.39 is 0 Å². The molecule has 0 saturated carbocycles. The average molecular weight is 562 g/mol. The Balaban J connectivity index is 1.16. The fourth-order valence-electron chi connectivity index (χ4n) is 3.30. The molecule has 40 heavy (non-hydrogen) atoms. The summed E-state index contributed by atoms with van der Waals surface area (Å²) < 4.78 is 21.6. The summed E-state index contributed by atoms with van der Waals surface area (Å²) >= 11 is 1.11. The molecule has 4 rings (SSSR count). The molecule has 2 amide bonds. The summed E-state index contributed by atoms with van der Waals surface area (Å²) in [5.41, 5.74) is 3.68. The maximum atomic E-state index is 12.4. The lowest BCUT2D eigenvalue weighted by Crippen LogP contribution is -2.19. The number of benzene rings is 3. The largest absolute Gasteiger partial charge is 0.497 e. The van der Waals surface area contributed by atoms with Gasteiger partial charge in [-0.3, -0.25) is 14.9 Å². The van der Waals surface area contributed by atoms with Crippen LogP contribution in [0, 0.1) is 0 Å². The molecular weight excluding hydrogens is 534 g/mol. The van der Waals surface area contributed by atoms with Gasteiger partial charge in [0.05, 0.1) is 26.9 Å². The quantitative estimate of drug-likeness (QED) is 0.142. The van der Waals surface area contributed by atoms with Crippen LogP contribution in [-0.2, 0) is 11.2 Å². The highest BCUT2D eigenvalue weighted by Crippen LogP contribution is 2.20. The zero-order valence-corrected chi connectivity index (χ0v) is 22.6. The van der Waals surface area contributed by atoms with Gasteiger partial charge < -0.3 is 18.9 Å². The maximum absolute atomic E-state index is 12.4. The van der Waals surface area contributed by atoms with E-state index >= 15 is 0 Å². The third-order valence-corrected chi connectivity index (χ3v) is 6.13. The van der Waals surface area contributed by atoms with Crippen molar-refractivity contribution >= 4 is 34.5 Å². The van der Waals surface area contributed by atoms with E-state index in [9.17, 15) is 9.59 Å². The van der Waals surface area contributed by atoms with Crippen LogP contribution in [0.5, 0.6) is 23.0 Å². The van der Waals surface area contributed by atoms with Crippen molar-refractivity contribution in [1.29, 1.82) is 0 Å². The van der Waals surface area contributed by atoms with E-state index in [0.29, 0.717) is 46.2 Å². The molecule has 12 heteroatoms. The molecule has 1 heterocycles. The number of hydrogen-bond acceptors (Lipinski definition) is 10. The lowest BCUT2D eigenvalue weighted by Gasteiger charge is -2.09. The van der Waals surface area contributed by atoms with Crippen LogP contribution in [-0.4, -0.2) is 55.7 Å². The van der Waals surface area contributed by atoms with Crippen LogP contribution in [0.15, 0.2) is 77.9 Å². The Labute approximate surface area is 234 Å². The van der Waals surface area contributed by atoms with Crippen LogP contribution < -0.4 is 29.7 Å². The van der Waals surface area contributed by atoms with Crippen LogP contribution in [0.3, 0.4) is 0 Å². The minimum absolute atomic E-state index is 0.0297. The van der Waals surface area contributed by atoms with Crippen molar-refractivity contribution < 1.29 is 28.5 Å². The van der Waals surface area contributed by atoms with E-state index in [-0.39, 0.29) is 18.2 Å². The third-order valence-electron chi connectivity index (χ3n) is 5.30. The summed E-state index contributed by atoms with van der Waals surface area (Å²) in [5, 5.41) is 15.3. The predicted octanol–water partition coefficient (Wildman–Crippen LogP) is 3.96. The van der Waals surface area contributed by atoms with Gasteiger partial charge in [0, 0.05) is 11.6 Å². The number of methoxy groups -OCH3 is 2. The first-order valence-electron chi connectivity index (χ1n) is 12.1. The van der Waals surface area contributed by atoms with Gasteiger partial charge in [-0.1, -0.05) is 17.4 Å². The van der Waals surface area contributed by atoms with Crippen LogP contribution in [0.4, 0.5) is 5.13 Å². The van der Waals surface area contributed by atoms with Gasteiger partial charge in [-0.05, 0) is 66.2 Å². The molecule has 0 unspecified atom stereocenters. The third kappa shape index (κ3) is 8.53. The summed E-state index contributed by atoms with van der Waals surface area (Å²) in [7, 11) is 3.16. The molecule has 206 valence electrons. The zero-order chi connectivity index (χ0) is 28.2. The topological polar surface area (TPSA) is 133 Å². The van der Waals surface area contributed by atoms with Gasteiger partial charge in [0.25, 0.3) is 5.91 Å². The van der Waals surface area contributed by atoms with Crippen LogP contribution >= 0.6 is 11.3 Å². The molecule has 0 aliphatic carbocycles. The SMILES string of the molecule is COc1ccc(C(=O)Nc2nnc(CC(=O)NN=Cc3ccc(OCCOc4cccc(OC)c4)cc3)s2)cc1. The van der Waals surface area contributed by atoms with Crippen molar-refractivity contribution in [3.8, 4) is 23.0 Å². The van der Waals surface area contributed by atoms with Gasteiger partial charge in [-0.15, -0.1) is 10.2 Å². The molecule has 0 bridgehead atoms. The monoisotopic (exact) mass is 561 g/mol. The molecule has 11 nitrogen and oxygen atoms in total. The van der Waals surface area contributed by atoms with E-state index in [1.165, 1.54) is 6.21 Å². The summed E-state index contributed by atoms with van der Waals surface area (Å²) in [5.74, 6) is 2.07. The van der Waals surface area contributed by atoms with Gasteiger partial charge >= 0.3 is 0 Å². The lowest BCUT2D eigenvalue weighted by molar-refractivity contribution is -0.120. The van der Waals surface area contributed by atoms with Gasteiger partial charge in [-0.2, -0.15) is 5.10 Å². The Morgan fingerprint density at radius 3 is 2.25 bits per heavy atom. The van der Waals surface area contributed by atoms with Gasteiger partial charge in [0.15, 0.2) is 0 Å². The maximum Gasteiger partial charge on any atom is 0.257 e. The number of nitrogens with zero attached hydrogens (tertiary/aromatic N) is 3. The molecule has 0 fully saturated rings. The van der Waals surface area contributed by atoms with Crippen molar-refractivity contribution in [2.45, 2.75) is 6.42 Å². The molecule has 0 radical (unpaired) electrons. The molecule has 4 aromatic rings. The highest BCUT2D eigenvalue weighted by Gasteiger charge is 2.12. The standard InChI is InChI=1S/C28H27N5O6S/c1-36-21-12-8-20(9-13-21)27(35)30-28-33-32-26(40-28)17-25(34)31-29-18-19-6-10-22(11-7-19)38-14-15-39-24-5-3-4-23(16-24)37-2/h3-13,16,18H,14-15,17H2,1-2H3,(H,31,34)(H,30,33,35). The van der Waals surface area contributed by atoms with Crippen LogP contribution in [0.25, 0.3) is 0 Å². The second-order valence-electron chi connectivity index (χ2n) is 8.10. The Morgan fingerprint density at radius 1 is 0.850 bits per heavy atom. The number of amides is 2. The minimum Gasteiger partial charge on any atom is -0.497 e. The summed E-state index contributed by atoms with van der Waals surface area (Å²) in [4.78, 5) is 24.6. The molecule has 2 N–H and O–H groups in total. The lowest BCUT2D eigenvalue weighted by atomic mass is 10.2. The number of ether oxygens (including phenoxy) is 4. The Kier molecular flexibility index (Phi) is 10.00. The number of rotatable bonds is 13. The number of carbonyl (C=O) groups excluding carboxylic acids is 2. The van der Waals surface area contributed by atoms with Crippen LogP contribution in [0.2, 0.25) is 0 Å². The number of nitrogens with one attached hydrogen (secondary N) is 2. The number of aromatic nitrogens is 2. The highest BCUT2D eigenvalue weighted by molar-refractivity contribution is 7.15. The van der Waals surface area contributed by atoms with Crippen molar-refractivity contribution in [3.63, 3.8) is 0 Å². The second kappa shape index (κ2) is 14.3. The predicted molar refractivity (Wildman–Crippen MR) is 151 cm³/mol. The number of hydrogen-bond donors (Lipinski definition) is 2. The van der Waals surface area contributed by atoms with Crippen molar-refractivity contribution in [3.05, 3.63) is 88.9 Å². The zero-order valence-electron chi connectivity index (χ0n) is 21.8. The second-order valence-corrected chi connectivity index (χ2v) is 9.16. The molecule has 1 aromatic heterocycles. The number of anilines is 1. The summed E-state index contributed by atoms with van der Waals surface area (Å²) in [6.45, 7) is 0.757. The summed E-state index contributed by atoms with van der Waals surface area (Å²) in [6.07, 6.45) is 1.49. The van der Waals surface area contributed by atoms with E-state index in [1.807, 2.05) is 36.4 Å². The Bertz CT molecular complexity index is 1440. The molecule has 0 aliphatic rings. The van der Waals surface area contributed by atoms with E-state index in [2.05, 4.69) is 26.0 Å². The van der Waals surface area contributed by atoms with Crippen molar-refractivity contribution in [2.24, 2.45) is 5.10 Å². The Hall–Kier alpha value is -4.97. The van der Waals surface area contributed by atoms with E-state index in [1.54, 1.807) is 50.6 Å². The fraction of sp³-hybridized carbons (Fsp3) is 0.179. The smallest absolute Gasteiger partial charge is 0.257 e. The highest BCUT2D eigenvalue weighted by atomic mass is 32.1. The Morgan fingerprint density at radius 2 is 1.52 bits per heavy atom. The van der Waals surface area contributed by atoms with Crippen molar-refractivity contribution in [2.75, 3.05) is 32.8 Å². The van der Waals surface area contributed by atoms with E-state index in [0.717, 1.165) is 22.6 Å². The first-order chi connectivity index (χ1) is 19.5. The summed E-state index contributed by atoms with van der Waals surface area (Å²) in [6, 6.07) is 21.3. The first kappa shape index (κ1) is 28.0. The van der Waals surface area contributed by atoms with Gasteiger partial charge in [0.1, 0.15) is 41.2 Å². The molecule has 0 atom stereocenters.